The van der Waals surface area contributed by atoms with Crippen LogP contribution < -0.4 is 0 Å². The van der Waals surface area contributed by atoms with Crippen LogP contribution in [0.3, 0.4) is 0 Å². The molecule has 2 fully saturated rings. The van der Waals surface area contributed by atoms with Crippen molar-refractivity contribution in [2.75, 3.05) is 0 Å². The van der Waals surface area contributed by atoms with Gasteiger partial charge in [0, 0.05) is 18.8 Å². The summed E-state index contributed by atoms with van der Waals surface area (Å²) in [5.41, 5.74) is 1.39. The Hall–Kier alpha value is -1.38. The van der Waals surface area contributed by atoms with Gasteiger partial charge in [0.25, 0.3) is 0 Å². The lowest BCUT2D eigenvalue weighted by Gasteiger charge is -2.51. The van der Waals surface area contributed by atoms with Gasteiger partial charge in [-0.2, -0.15) is 0 Å². The molecule has 0 aromatic heterocycles. The maximum Gasteiger partial charge on any atom is 0.302 e. The first-order chi connectivity index (χ1) is 11.0. The standard InChI is InChI=1S/C20H26O3/c1-12(21)23-19-8-7-18-17-5-3-13-11-14(22)4-6-15(13)16(17)9-10-20(18,19)2/h3,5,11,15-19H,4,6-10H2,1-2H3/t15-,16+,17+,18-,19?,20-/m0/s1. The Balaban J connectivity index is 1.62. The van der Waals surface area contributed by atoms with Crippen LogP contribution in [0, 0.1) is 29.1 Å². The third-order valence-electron chi connectivity index (χ3n) is 7.09. The summed E-state index contributed by atoms with van der Waals surface area (Å²) in [6.45, 7) is 3.86. The van der Waals surface area contributed by atoms with E-state index in [1.54, 1.807) is 0 Å². The summed E-state index contributed by atoms with van der Waals surface area (Å²) in [6.07, 6.45) is 12.8. The fourth-order valence-corrected chi connectivity index (χ4v) is 6.00. The van der Waals surface area contributed by atoms with Crippen molar-refractivity contribution in [3.05, 3.63) is 23.8 Å². The zero-order valence-corrected chi connectivity index (χ0v) is 14.1. The molecule has 0 bridgehead atoms. The minimum atomic E-state index is -0.144. The van der Waals surface area contributed by atoms with Crippen LogP contribution >= 0.6 is 0 Å². The molecule has 2 saturated carbocycles. The minimum absolute atomic E-state index is 0.0872. The minimum Gasteiger partial charge on any atom is -0.462 e. The topological polar surface area (TPSA) is 43.4 Å². The van der Waals surface area contributed by atoms with E-state index in [0.29, 0.717) is 30.1 Å². The molecule has 0 radical (unpaired) electrons. The lowest BCUT2D eigenvalue weighted by molar-refractivity contribution is -0.155. The van der Waals surface area contributed by atoms with Gasteiger partial charge in [-0.05, 0) is 67.4 Å². The van der Waals surface area contributed by atoms with E-state index in [0.717, 1.165) is 25.7 Å². The molecular formula is C20H26O3. The van der Waals surface area contributed by atoms with Crippen molar-refractivity contribution in [2.45, 2.75) is 58.5 Å². The van der Waals surface area contributed by atoms with Crippen molar-refractivity contribution in [3.8, 4) is 0 Å². The number of rotatable bonds is 1. The van der Waals surface area contributed by atoms with Crippen LogP contribution in [0.25, 0.3) is 0 Å². The number of hydrogen-bond donors (Lipinski definition) is 0. The Morgan fingerprint density at radius 1 is 1.26 bits per heavy atom. The first-order valence-electron chi connectivity index (χ1n) is 9.09. The molecule has 6 atom stereocenters. The number of ketones is 1. The van der Waals surface area contributed by atoms with E-state index in [1.807, 2.05) is 6.08 Å². The largest absolute Gasteiger partial charge is 0.462 e. The molecule has 4 aliphatic carbocycles. The van der Waals surface area contributed by atoms with Gasteiger partial charge in [-0.3, -0.25) is 9.59 Å². The number of esters is 1. The van der Waals surface area contributed by atoms with Gasteiger partial charge in [0.15, 0.2) is 5.78 Å². The molecule has 4 rings (SSSR count). The summed E-state index contributed by atoms with van der Waals surface area (Å²) >= 11 is 0. The molecule has 4 aliphatic rings. The molecule has 1 unspecified atom stereocenters. The second-order valence-corrected chi connectivity index (χ2v) is 8.18. The predicted octanol–water partition coefficient (Wildman–Crippen LogP) is 3.84. The normalized spacial score (nSPS) is 44.9. The molecular weight excluding hydrogens is 288 g/mol. The third-order valence-corrected chi connectivity index (χ3v) is 7.09. The van der Waals surface area contributed by atoms with Gasteiger partial charge in [0.2, 0.25) is 0 Å². The van der Waals surface area contributed by atoms with Crippen LogP contribution in [0.2, 0.25) is 0 Å². The van der Waals surface area contributed by atoms with Crippen molar-refractivity contribution >= 4 is 11.8 Å². The van der Waals surface area contributed by atoms with Crippen LogP contribution in [0.5, 0.6) is 0 Å². The zero-order chi connectivity index (χ0) is 16.2. The average Bonchev–Trinajstić information content (AvgIpc) is 2.83. The van der Waals surface area contributed by atoms with Gasteiger partial charge in [-0.25, -0.2) is 0 Å². The molecule has 3 heteroatoms. The number of ether oxygens (including phenoxy) is 1. The predicted molar refractivity (Wildman–Crippen MR) is 87.6 cm³/mol. The van der Waals surface area contributed by atoms with Crippen LogP contribution in [0.4, 0.5) is 0 Å². The van der Waals surface area contributed by atoms with E-state index < -0.39 is 0 Å². The lowest BCUT2D eigenvalue weighted by atomic mass is 9.54. The summed E-state index contributed by atoms with van der Waals surface area (Å²) in [5, 5.41) is 0. The molecule has 0 N–H and O–H groups in total. The molecule has 0 aliphatic heterocycles. The smallest absolute Gasteiger partial charge is 0.302 e. The molecule has 0 aromatic carbocycles. The highest BCUT2D eigenvalue weighted by molar-refractivity contribution is 5.91. The second-order valence-electron chi connectivity index (χ2n) is 8.18. The average molecular weight is 314 g/mol. The number of carbonyl (C=O) groups is 2. The SMILES string of the molecule is CC(=O)OC1CC[C@H]2[C@@H]3C=CC4=CC(=O)CC[C@@H]4[C@H]3CC[C@]12C. The summed E-state index contributed by atoms with van der Waals surface area (Å²) < 4.78 is 5.67. The lowest BCUT2D eigenvalue weighted by Crippen LogP contribution is -2.47. The number of carbonyl (C=O) groups excluding carboxylic acids is 2. The molecule has 124 valence electrons. The highest BCUT2D eigenvalue weighted by atomic mass is 16.5. The van der Waals surface area contributed by atoms with Gasteiger partial charge >= 0.3 is 5.97 Å². The van der Waals surface area contributed by atoms with Crippen LogP contribution in [-0.2, 0) is 14.3 Å². The highest BCUT2D eigenvalue weighted by Gasteiger charge is 2.56. The Bertz CT molecular complexity index is 602. The van der Waals surface area contributed by atoms with E-state index in [2.05, 4.69) is 19.1 Å². The van der Waals surface area contributed by atoms with Crippen LogP contribution in [0.1, 0.15) is 52.4 Å². The molecule has 0 amide bonds. The molecule has 3 nitrogen and oxygen atoms in total. The maximum atomic E-state index is 11.7. The van der Waals surface area contributed by atoms with Gasteiger partial charge in [-0.15, -0.1) is 0 Å². The van der Waals surface area contributed by atoms with Crippen LogP contribution in [-0.4, -0.2) is 17.9 Å². The van der Waals surface area contributed by atoms with Crippen molar-refractivity contribution in [2.24, 2.45) is 29.1 Å². The Labute approximate surface area is 138 Å². The Morgan fingerprint density at radius 2 is 2.09 bits per heavy atom. The molecule has 0 heterocycles. The Kier molecular flexibility index (Phi) is 3.51. The second kappa shape index (κ2) is 5.32. The van der Waals surface area contributed by atoms with Gasteiger partial charge in [0.1, 0.15) is 6.10 Å². The highest BCUT2D eigenvalue weighted by Crippen LogP contribution is 2.60. The summed E-state index contributed by atoms with van der Waals surface area (Å²) in [6, 6.07) is 0. The monoisotopic (exact) mass is 314 g/mol. The van der Waals surface area contributed by atoms with Gasteiger partial charge in [-0.1, -0.05) is 19.1 Å². The number of allylic oxidation sites excluding steroid dienone is 4. The maximum absolute atomic E-state index is 11.7. The van der Waals surface area contributed by atoms with E-state index in [9.17, 15) is 9.59 Å². The van der Waals surface area contributed by atoms with E-state index >= 15 is 0 Å². The van der Waals surface area contributed by atoms with Crippen LogP contribution in [0.15, 0.2) is 23.8 Å². The quantitative estimate of drug-likeness (QED) is 0.691. The number of hydrogen-bond acceptors (Lipinski definition) is 3. The first-order valence-corrected chi connectivity index (χ1v) is 9.09. The van der Waals surface area contributed by atoms with E-state index in [4.69, 9.17) is 4.74 Å². The molecule has 0 aromatic rings. The molecule has 0 saturated heterocycles. The van der Waals surface area contributed by atoms with Crippen molar-refractivity contribution in [3.63, 3.8) is 0 Å². The van der Waals surface area contributed by atoms with Crippen molar-refractivity contribution in [1.82, 2.24) is 0 Å². The summed E-state index contributed by atoms with van der Waals surface area (Å²) in [7, 11) is 0. The van der Waals surface area contributed by atoms with E-state index in [-0.39, 0.29) is 23.3 Å². The first kappa shape index (κ1) is 15.2. The van der Waals surface area contributed by atoms with Crippen molar-refractivity contribution in [1.29, 1.82) is 0 Å². The van der Waals surface area contributed by atoms with Gasteiger partial charge < -0.3 is 4.74 Å². The third kappa shape index (κ3) is 2.31. The van der Waals surface area contributed by atoms with E-state index in [1.165, 1.54) is 18.9 Å². The molecule has 23 heavy (non-hydrogen) atoms. The molecule has 0 spiro atoms. The Morgan fingerprint density at radius 3 is 2.87 bits per heavy atom. The summed E-state index contributed by atoms with van der Waals surface area (Å²) in [5.74, 6) is 2.59. The number of fused-ring (bicyclic) bond motifs is 5. The van der Waals surface area contributed by atoms with Gasteiger partial charge in [0.05, 0.1) is 0 Å². The summed E-state index contributed by atoms with van der Waals surface area (Å²) in [4.78, 5) is 23.1. The van der Waals surface area contributed by atoms with Crippen molar-refractivity contribution < 1.29 is 14.3 Å². The fourth-order valence-electron chi connectivity index (χ4n) is 6.00. The fraction of sp³-hybridized carbons (Fsp3) is 0.700. The zero-order valence-electron chi connectivity index (χ0n) is 14.1.